The van der Waals surface area contributed by atoms with Gasteiger partial charge in [0.1, 0.15) is 35.4 Å². The van der Waals surface area contributed by atoms with E-state index >= 15 is 0 Å². The maximum Gasteiger partial charge on any atom is 0.490 e. The summed E-state index contributed by atoms with van der Waals surface area (Å²) in [6.07, 6.45) is -0.0155. The minimum Gasteiger partial charge on any atom is -0.475 e. The van der Waals surface area contributed by atoms with Crippen molar-refractivity contribution in [3.05, 3.63) is 90.3 Å². The van der Waals surface area contributed by atoms with Gasteiger partial charge >= 0.3 is 12.1 Å². The van der Waals surface area contributed by atoms with Crippen molar-refractivity contribution in [3.8, 4) is 22.8 Å². The SMILES string of the molecule is Nc1ncnc2c1c(-c1ccc(Oc3ccccc3)cc1)nn2C1CCN(C(=O)CN2CC3(CCN(c4ccc5c(c4)C(=O)N(C4CCC(=O)NC4=O)C5=O)CC3)C2)CC1.O=C(O)C(F)(F)F. The zero-order valence-corrected chi connectivity index (χ0v) is 35.9. The van der Waals surface area contributed by atoms with Crippen LogP contribution in [-0.4, -0.2) is 133 Å². The summed E-state index contributed by atoms with van der Waals surface area (Å²) in [4.78, 5) is 89.4. The molecule has 0 radical (unpaired) electrons. The van der Waals surface area contributed by atoms with Gasteiger partial charge in [-0.15, -0.1) is 0 Å². The molecule has 0 saturated carbocycles. The molecule has 10 rings (SSSR count). The van der Waals surface area contributed by atoms with E-state index in [9.17, 15) is 37.1 Å². The van der Waals surface area contributed by atoms with Gasteiger partial charge in [0.2, 0.25) is 17.7 Å². The van der Waals surface area contributed by atoms with Gasteiger partial charge in [0.25, 0.3) is 11.8 Å². The van der Waals surface area contributed by atoms with Gasteiger partial charge in [-0.3, -0.25) is 39.1 Å². The normalized spacial score (nSPS) is 19.7. The van der Waals surface area contributed by atoms with Crippen molar-refractivity contribution in [2.24, 2.45) is 5.41 Å². The third-order valence-electron chi connectivity index (χ3n) is 13.1. The average molecular weight is 923 g/mol. The number of nitrogen functional groups attached to an aromatic ring is 1. The number of anilines is 2. The van der Waals surface area contributed by atoms with Crippen molar-refractivity contribution >= 4 is 58.0 Å². The summed E-state index contributed by atoms with van der Waals surface area (Å²) in [5, 5.41) is 15.1. The number of benzene rings is 3. The summed E-state index contributed by atoms with van der Waals surface area (Å²) in [6.45, 7) is 4.96. The second-order valence-corrected chi connectivity index (χ2v) is 17.4. The summed E-state index contributed by atoms with van der Waals surface area (Å²) < 4.78 is 39.7. The third kappa shape index (κ3) is 8.97. The zero-order chi connectivity index (χ0) is 47.2. The number of fused-ring (bicyclic) bond motifs is 2. The fourth-order valence-corrected chi connectivity index (χ4v) is 9.63. The first-order valence-electron chi connectivity index (χ1n) is 21.8. The Morgan fingerprint density at radius 3 is 2.16 bits per heavy atom. The maximum absolute atomic E-state index is 13.6. The van der Waals surface area contributed by atoms with Gasteiger partial charge in [0.05, 0.1) is 29.1 Å². The third-order valence-corrected chi connectivity index (χ3v) is 13.1. The van der Waals surface area contributed by atoms with Crippen LogP contribution in [0.15, 0.2) is 79.1 Å². The van der Waals surface area contributed by atoms with Gasteiger partial charge in [-0.05, 0) is 92.1 Å². The van der Waals surface area contributed by atoms with Crippen LogP contribution in [0.2, 0.25) is 0 Å². The number of imide groups is 2. The standard InChI is InChI=1S/C44H44N10O6.C2HF3O2/c45-39-37-38(27-6-9-31(10-7-27)60-30-4-2-1-3-5-30)49-54(40(37)47-26-46-39)28-14-18-52(19-15-28)36(56)23-50-24-44(25-50)16-20-51(21-17-44)29-8-11-32-33(22-29)43(59)53(42(32)58)34-12-13-35(55)48-41(34)57;3-2(4,5)1(6)7/h1-11,22,26,28,34H,12-21,23-25H2,(H2,45,46,47)(H,48,55,57);(H,6,7). The van der Waals surface area contributed by atoms with E-state index in [1.807, 2.05) is 70.2 Å². The number of nitrogens with zero attached hydrogens (tertiary/aromatic N) is 8. The largest absolute Gasteiger partial charge is 0.490 e. The summed E-state index contributed by atoms with van der Waals surface area (Å²) in [5.74, 6) is -2.80. The molecular weight excluding hydrogens is 878 g/mol. The number of carbonyl (C=O) groups is 6. The summed E-state index contributed by atoms with van der Waals surface area (Å²) >= 11 is 0. The Balaban J connectivity index is 0.000000747. The van der Waals surface area contributed by atoms with Crippen LogP contribution >= 0.6 is 0 Å². The van der Waals surface area contributed by atoms with Crippen molar-refractivity contribution < 1.29 is 51.8 Å². The number of alkyl halides is 3. The Morgan fingerprint density at radius 1 is 0.851 bits per heavy atom. The van der Waals surface area contributed by atoms with Gasteiger partial charge in [0, 0.05) is 56.9 Å². The zero-order valence-electron chi connectivity index (χ0n) is 35.9. The van der Waals surface area contributed by atoms with Crippen molar-refractivity contribution in [1.29, 1.82) is 0 Å². The molecule has 2 aromatic heterocycles. The van der Waals surface area contributed by atoms with Crippen LogP contribution in [0.3, 0.4) is 0 Å². The number of aromatic nitrogens is 4. The van der Waals surface area contributed by atoms with Gasteiger partial charge in [-0.1, -0.05) is 18.2 Å². The van der Waals surface area contributed by atoms with Crippen LogP contribution < -0.4 is 20.7 Å². The van der Waals surface area contributed by atoms with Crippen LogP contribution in [0.4, 0.5) is 24.7 Å². The fourth-order valence-electron chi connectivity index (χ4n) is 9.63. The number of ether oxygens (including phenoxy) is 1. The van der Waals surface area contributed by atoms with Gasteiger partial charge in [-0.2, -0.15) is 18.3 Å². The molecule has 67 heavy (non-hydrogen) atoms. The van der Waals surface area contributed by atoms with Crippen molar-refractivity contribution in [2.75, 3.05) is 56.4 Å². The molecule has 4 N–H and O–H groups in total. The molecule has 4 fully saturated rings. The molecule has 5 aliphatic heterocycles. The van der Waals surface area contributed by atoms with E-state index in [1.165, 1.54) is 6.33 Å². The molecule has 3 aromatic carbocycles. The lowest BCUT2D eigenvalue weighted by molar-refractivity contribution is -0.192. The molecule has 1 atom stereocenters. The number of amides is 5. The number of aliphatic carboxylic acids is 1. The van der Waals surface area contributed by atoms with Crippen LogP contribution in [0.5, 0.6) is 11.5 Å². The van der Waals surface area contributed by atoms with E-state index in [4.69, 9.17) is 25.5 Å². The summed E-state index contributed by atoms with van der Waals surface area (Å²) in [7, 11) is 0. The number of hydrogen-bond acceptors (Lipinski definition) is 13. The average Bonchev–Trinajstić information content (AvgIpc) is 3.81. The van der Waals surface area contributed by atoms with Crippen molar-refractivity contribution in [3.63, 3.8) is 0 Å². The second kappa shape index (κ2) is 17.8. The highest BCUT2D eigenvalue weighted by atomic mass is 19.4. The van der Waals surface area contributed by atoms with Crippen LogP contribution in [0, 0.1) is 5.41 Å². The topological polar surface area (TPSA) is 226 Å². The van der Waals surface area contributed by atoms with E-state index in [-0.39, 0.29) is 41.3 Å². The number of piperidine rings is 3. The first-order valence-corrected chi connectivity index (χ1v) is 21.8. The molecule has 5 amide bonds. The Hall–Kier alpha value is -7.42. The fraction of sp³-hybridized carbons (Fsp3) is 0.370. The molecule has 4 saturated heterocycles. The Kier molecular flexibility index (Phi) is 11.9. The number of halogens is 3. The van der Waals surface area contributed by atoms with Gasteiger partial charge in [0.15, 0.2) is 5.65 Å². The summed E-state index contributed by atoms with van der Waals surface area (Å²) in [5.41, 5.74) is 10.3. The Morgan fingerprint density at radius 2 is 1.51 bits per heavy atom. The summed E-state index contributed by atoms with van der Waals surface area (Å²) in [6, 6.07) is 21.7. The predicted octanol–water partition coefficient (Wildman–Crippen LogP) is 4.67. The number of carboxylic acid groups (broad SMARTS) is 1. The first kappa shape index (κ1) is 44.8. The Labute approximate surface area is 380 Å². The molecule has 1 unspecified atom stereocenters. The second-order valence-electron chi connectivity index (χ2n) is 17.4. The highest BCUT2D eigenvalue weighted by Crippen LogP contribution is 2.42. The van der Waals surface area contributed by atoms with Crippen molar-refractivity contribution in [1.82, 2.24) is 39.8 Å². The monoisotopic (exact) mass is 922 g/mol. The number of likely N-dealkylation sites (tertiary alicyclic amines) is 2. The van der Waals surface area contributed by atoms with Crippen LogP contribution in [-0.2, 0) is 19.2 Å². The molecular formula is C46H45F3N10O8. The number of nitrogens with two attached hydrogens (primary N) is 1. The molecule has 5 aromatic rings. The van der Waals surface area contributed by atoms with E-state index in [0.717, 1.165) is 73.8 Å². The molecule has 21 heteroatoms. The molecule has 348 valence electrons. The first-order chi connectivity index (χ1) is 32.1. The van der Waals surface area contributed by atoms with Crippen LogP contribution in [0.25, 0.3) is 22.3 Å². The quantitative estimate of drug-likeness (QED) is 0.180. The highest BCUT2D eigenvalue weighted by molar-refractivity contribution is 6.23. The van der Waals surface area contributed by atoms with Crippen molar-refractivity contribution in [2.45, 2.75) is 56.8 Å². The number of nitrogens with one attached hydrogen (secondary N) is 1. The lowest BCUT2D eigenvalue weighted by atomic mass is 9.72. The van der Waals surface area contributed by atoms with Crippen LogP contribution in [0.1, 0.15) is 65.3 Å². The Bertz CT molecular complexity index is 2760. The van der Waals surface area contributed by atoms with Gasteiger partial charge < -0.3 is 25.4 Å². The minimum atomic E-state index is -5.08. The van der Waals surface area contributed by atoms with E-state index in [1.54, 1.807) is 12.1 Å². The van der Waals surface area contributed by atoms with E-state index in [2.05, 4.69) is 25.1 Å². The number of hydrogen-bond donors (Lipinski definition) is 3. The molecule has 1 spiro atoms. The maximum atomic E-state index is 13.6. The number of para-hydroxylation sites is 1. The van der Waals surface area contributed by atoms with E-state index < -0.39 is 41.8 Å². The van der Waals surface area contributed by atoms with Gasteiger partial charge in [-0.25, -0.2) is 19.4 Å². The molecule has 0 aliphatic carbocycles. The highest BCUT2D eigenvalue weighted by Gasteiger charge is 2.47. The number of rotatable bonds is 8. The molecule has 7 heterocycles. The van der Waals surface area contributed by atoms with E-state index in [0.29, 0.717) is 47.9 Å². The lowest BCUT2D eigenvalue weighted by Gasteiger charge is -2.54. The number of carboxylic acids is 1. The smallest absolute Gasteiger partial charge is 0.475 e. The predicted molar refractivity (Wildman–Crippen MR) is 234 cm³/mol. The number of carbonyl (C=O) groups excluding carboxylic acids is 5. The molecule has 18 nitrogen and oxygen atoms in total. The lowest BCUT2D eigenvalue weighted by Crippen LogP contribution is -2.62. The minimum absolute atomic E-state index is 0.0475. The molecule has 0 bridgehead atoms. The molecule has 5 aliphatic rings.